The van der Waals surface area contributed by atoms with Crippen LogP contribution in [0, 0.1) is 0 Å². The Hall–Kier alpha value is -0.950. The van der Waals surface area contributed by atoms with Gasteiger partial charge in [0.2, 0.25) is 0 Å². The second-order valence-electron chi connectivity index (χ2n) is 2.32. The van der Waals surface area contributed by atoms with Gasteiger partial charge in [-0.2, -0.15) is 0 Å². The highest BCUT2D eigenvalue weighted by atomic mass is 35.5. The van der Waals surface area contributed by atoms with Crippen molar-refractivity contribution < 1.29 is 5.11 Å². The lowest BCUT2D eigenvalue weighted by molar-refractivity contribution is 0.475. The molecule has 0 radical (unpaired) electrons. The summed E-state index contributed by atoms with van der Waals surface area (Å²) >= 11 is 5.68. The van der Waals surface area contributed by atoms with Gasteiger partial charge in [0.25, 0.3) is 0 Å². The largest absolute Gasteiger partial charge is 0.515 e. The van der Waals surface area contributed by atoms with Gasteiger partial charge < -0.3 is 5.11 Å². The molecular weight excluding hydrogens is 160 g/mol. The molecule has 0 spiro atoms. The van der Waals surface area contributed by atoms with Crippen LogP contribution in [0.15, 0.2) is 30.5 Å². The van der Waals surface area contributed by atoms with Crippen molar-refractivity contribution in [3.8, 4) is 0 Å². The van der Waals surface area contributed by atoms with E-state index in [9.17, 15) is 0 Å². The zero-order valence-electron chi connectivity index (χ0n) is 6.21. The molecule has 1 nitrogen and oxygen atoms in total. The van der Waals surface area contributed by atoms with Crippen LogP contribution in [0.3, 0.4) is 0 Å². The SMILES string of the molecule is CC(=CO)c1ccc(Cl)cc1. The second-order valence-corrected chi connectivity index (χ2v) is 2.76. The highest BCUT2D eigenvalue weighted by Crippen LogP contribution is 2.15. The molecule has 0 saturated heterocycles. The Morgan fingerprint density at radius 3 is 2.36 bits per heavy atom. The first-order valence-electron chi connectivity index (χ1n) is 3.31. The molecule has 11 heavy (non-hydrogen) atoms. The lowest BCUT2D eigenvalue weighted by Crippen LogP contribution is -1.77. The fourth-order valence-electron chi connectivity index (χ4n) is 0.787. The van der Waals surface area contributed by atoms with E-state index in [2.05, 4.69) is 0 Å². The number of hydrogen-bond donors (Lipinski definition) is 1. The van der Waals surface area contributed by atoms with Crippen LogP contribution in [0.4, 0.5) is 0 Å². The van der Waals surface area contributed by atoms with Crippen LogP contribution in [-0.2, 0) is 0 Å². The number of aliphatic hydroxyl groups is 1. The van der Waals surface area contributed by atoms with E-state index in [0.717, 1.165) is 17.4 Å². The zero-order chi connectivity index (χ0) is 8.27. The molecule has 0 fully saturated rings. The molecule has 0 amide bonds. The van der Waals surface area contributed by atoms with Crippen molar-refractivity contribution in [2.75, 3.05) is 0 Å². The Kier molecular flexibility index (Phi) is 2.55. The van der Waals surface area contributed by atoms with Crippen molar-refractivity contribution in [2.24, 2.45) is 0 Å². The Bertz CT molecular complexity index is 261. The maximum atomic E-state index is 8.66. The molecule has 1 aromatic carbocycles. The van der Waals surface area contributed by atoms with E-state index in [0.29, 0.717) is 5.02 Å². The van der Waals surface area contributed by atoms with E-state index >= 15 is 0 Å². The third kappa shape index (κ3) is 1.99. The number of benzene rings is 1. The Labute approximate surface area is 70.9 Å². The third-order valence-corrected chi connectivity index (χ3v) is 1.75. The van der Waals surface area contributed by atoms with Crippen LogP contribution in [0.25, 0.3) is 5.57 Å². The maximum Gasteiger partial charge on any atom is 0.0826 e. The van der Waals surface area contributed by atoms with E-state index < -0.39 is 0 Å². The van der Waals surface area contributed by atoms with Crippen LogP contribution >= 0.6 is 11.6 Å². The Morgan fingerprint density at radius 2 is 1.91 bits per heavy atom. The average Bonchev–Trinajstić information content (AvgIpc) is 2.05. The molecule has 0 atom stereocenters. The van der Waals surface area contributed by atoms with Crippen molar-refractivity contribution in [2.45, 2.75) is 6.92 Å². The minimum atomic E-state index is 0.708. The fraction of sp³-hybridized carbons (Fsp3) is 0.111. The molecule has 1 aromatic rings. The summed E-state index contributed by atoms with van der Waals surface area (Å²) in [4.78, 5) is 0. The van der Waals surface area contributed by atoms with Gasteiger partial charge in [-0.1, -0.05) is 23.7 Å². The van der Waals surface area contributed by atoms with Crippen LogP contribution in [0.1, 0.15) is 12.5 Å². The van der Waals surface area contributed by atoms with Gasteiger partial charge in [-0.05, 0) is 30.2 Å². The monoisotopic (exact) mass is 168 g/mol. The zero-order valence-corrected chi connectivity index (χ0v) is 6.97. The molecule has 58 valence electrons. The molecule has 1 N–H and O–H groups in total. The van der Waals surface area contributed by atoms with E-state index in [1.165, 1.54) is 0 Å². The van der Waals surface area contributed by atoms with Gasteiger partial charge in [-0.3, -0.25) is 0 Å². The molecule has 0 aliphatic heterocycles. The summed E-state index contributed by atoms with van der Waals surface area (Å²) in [7, 11) is 0. The summed E-state index contributed by atoms with van der Waals surface area (Å²) in [6, 6.07) is 7.32. The van der Waals surface area contributed by atoms with Crippen LogP contribution < -0.4 is 0 Å². The molecule has 0 heterocycles. The summed E-state index contributed by atoms with van der Waals surface area (Å²) < 4.78 is 0. The molecule has 0 aliphatic carbocycles. The molecule has 0 unspecified atom stereocenters. The van der Waals surface area contributed by atoms with Crippen molar-refractivity contribution in [1.82, 2.24) is 0 Å². The standard InChI is InChI=1S/C9H9ClO/c1-7(6-11)8-2-4-9(10)5-3-8/h2-6,11H,1H3. The van der Waals surface area contributed by atoms with Gasteiger partial charge in [0.1, 0.15) is 0 Å². The third-order valence-electron chi connectivity index (χ3n) is 1.49. The highest BCUT2D eigenvalue weighted by molar-refractivity contribution is 6.30. The fourth-order valence-corrected chi connectivity index (χ4v) is 0.913. The summed E-state index contributed by atoms with van der Waals surface area (Å²) in [5.74, 6) is 0. The molecule has 0 aliphatic rings. The van der Waals surface area contributed by atoms with Gasteiger partial charge in [0, 0.05) is 5.02 Å². The quantitative estimate of drug-likeness (QED) is 0.639. The van der Waals surface area contributed by atoms with E-state index in [4.69, 9.17) is 16.7 Å². The lowest BCUT2D eigenvalue weighted by Gasteiger charge is -1.98. The Morgan fingerprint density at radius 1 is 1.36 bits per heavy atom. The molecule has 1 rings (SSSR count). The number of aliphatic hydroxyl groups excluding tert-OH is 1. The Balaban J connectivity index is 2.99. The summed E-state index contributed by atoms with van der Waals surface area (Å²) in [5.41, 5.74) is 1.82. The number of allylic oxidation sites excluding steroid dienone is 1. The first kappa shape index (κ1) is 8.15. The second kappa shape index (κ2) is 3.44. The predicted molar refractivity (Wildman–Crippen MR) is 47.7 cm³/mol. The minimum Gasteiger partial charge on any atom is -0.515 e. The van der Waals surface area contributed by atoms with Crippen LogP contribution in [0.5, 0.6) is 0 Å². The predicted octanol–water partition coefficient (Wildman–Crippen LogP) is 3.26. The molecular formula is C9H9ClO. The summed E-state index contributed by atoms with van der Waals surface area (Å²) in [5, 5.41) is 9.37. The van der Waals surface area contributed by atoms with Gasteiger partial charge in [-0.15, -0.1) is 0 Å². The first-order valence-corrected chi connectivity index (χ1v) is 3.69. The molecule has 2 heteroatoms. The van der Waals surface area contributed by atoms with Crippen molar-refractivity contribution in [3.05, 3.63) is 41.1 Å². The normalized spacial score (nSPS) is 11.6. The summed E-state index contributed by atoms with van der Waals surface area (Å²) in [6.45, 7) is 1.84. The number of hydrogen-bond acceptors (Lipinski definition) is 1. The van der Waals surface area contributed by atoms with E-state index in [-0.39, 0.29) is 0 Å². The topological polar surface area (TPSA) is 20.2 Å². The van der Waals surface area contributed by atoms with Gasteiger partial charge in [-0.25, -0.2) is 0 Å². The van der Waals surface area contributed by atoms with Crippen molar-refractivity contribution in [1.29, 1.82) is 0 Å². The molecule has 0 saturated carbocycles. The van der Waals surface area contributed by atoms with E-state index in [1.807, 2.05) is 19.1 Å². The number of rotatable bonds is 1. The van der Waals surface area contributed by atoms with E-state index in [1.54, 1.807) is 12.1 Å². The molecule has 0 bridgehead atoms. The summed E-state index contributed by atoms with van der Waals surface area (Å²) in [6.07, 6.45) is 1.09. The first-order chi connectivity index (χ1) is 5.24. The lowest BCUT2D eigenvalue weighted by atomic mass is 10.1. The highest BCUT2D eigenvalue weighted by Gasteiger charge is 1.93. The van der Waals surface area contributed by atoms with Gasteiger partial charge in [0.05, 0.1) is 6.26 Å². The van der Waals surface area contributed by atoms with Crippen LogP contribution in [0.2, 0.25) is 5.02 Å². The maximum absolute atomic E-state index is 8.66. The smallest absolute Gasteiger partial charge is 0.0826 e. The minimum absolute atomic E-state index is 0.708. The van der Waals surface area contributed by atoms with Crippen molar-refractivity contribution in [3.63, 3.8) is 0 Å². The average molecular weight is 169 g/mol. The molecule has 0 aromatic heterocycles. The van der Waals surface area contributed by atoms with Crippen LogP contribution in [-0.4, -0.2) is 5.11 Å². The number of halogens is 1. The van der Waals surface area contributed by atoms with Gasteiger partial charge >= 0.3 is 0 Å². The van der Waals surface area contributed by atoms with Crippen molar-refractivity contribution >= 4 is 17.2 Å². The van der Waals surface area contributed by atoms with Gasteiger partial charge in [0.15, 0.2) is 0 Å².